The number of nitrogens with one attached hydrogen (secondary N) is 1. The number of halogens is 4. The fourth-order valence-electron chi connectivity index (χ4n) is 5.33. The number of hydrogen-bond acceptors (Lipinski definition) is 7. The molecule has 3 fully saturated rings. The number of hydrogen-bond donors (Lipinski definition) is 1. The molecule has 3 aliphatic rings. The van der Waals surface area contributed by atoms with Crippen LogP contribution in [0.15, 0.2) is 53.9 Å². The van der Waals surface area contributed by atoms with Gasteiger partial charge in [-0.2, -0.15) is 17.5 Å². The van der Waals surface area contributed by atoms with Crippen molar-refractivity contribution in [2.24, 2.45) is 5.41 Å². The Morgan fingerprint density at radius 2 is 1.76 bits per heavy atom. The molecular formula is C23H18F4N6O3S. The van der Waals surface area contributed by atoms with Crippen LogP contribution in [0.25, 0.3) is 11.3 Å². The van der Waals surface area contributed by atoms with E-state index in [2.05, 4.69) is 25.3 Å². The largest absolute Gasteiger partial charge is 0.451 e. The van der Waals surface area contributed by atoms with Crippen molar-refractivity contribution in [3.8, 4) is 11.3 Å². The van der Waals surface area contributed by atoms with Crippen molar-refractivity contribution in [1.82, 2.24) is 29.6 Å². The van der Waals surface area contributed by atoms with E-state index >= 15 is 0 Å². The average molecular weight is 534 g/mol. The van der Waals surface area contributed by atoms with Crippen molar-refractivity contribution in [2.75, 3.05) is 0 Å². The number of aromatic nitrogens is 4. The molecule has 2 aromatic heterocycles. The van der Waals surface area contributed by atoms with Gasteiger partial charge in [0.15, 0.2) is 0 Å². The van der Waals surface area contributed by atoms with Crippen LogP contribution in [-0.2, 0) is 27.5 Å². The Morgan fingerprint density at radius 3 is 2.41 bits per heavy atom. The first-order chi connectivity index (χ1) is 17.5. The maximum absolute atomic E-state index is 13.4. The van der Waals surface area contributed by atoms with Crippen molar-refractivity contribution < 1.29 is 30.8 Å². The average Bonchev–Trinajstić information content (AvgIpc) is 3.63. The van der Waals surface area contributed by atoms with Gasteiger partial charge in [0.05, 0.1) is 22.8 Å². The van der Waals surface area contributed by atoms with E-state index in [1.807, 2.05) is 0 Å². The van der Waals surface area contributed by atoms with Gasteiger partial charge in [0, 0.05) is 23.5 Å². The first-order valence-corrected chi connectivity index (χ1v) is 12.7. The maximum Gasteiger partial charge on any atom is 0.451 e. The van der Waals surface area contributed by atoms with Gasteiger partial charge in [-0.1, -0.05) is 0 Å². The molecule has 192 valence electrons. The minimum atomic E-state index is -4.67. The molecule has 1 atom stereocenters. The van der Waals surface area contributed by atoms with E-state index in [0.717, 1.165) is 24.5 Å². The number of benzene rings is 1. The minimum Gasteiger partial charge on any atom is -0.349 e. The fourth-order valence-corrected chi connectivity index (χ4v) is 7.32. The van der Waals surface area contributed by atoms with E-state index in [9.17, 15) is 30.8 Å². The second-order valence-corrected chi connectivity index (χ2v) is 11.4. The summed E-state index contributed by atoms with van der Waals surface area (Å²) >= 11 is 0. The highest BCUT2D eigenvalue weighted by Gasteiger charge is 2.92. The van der Waals surface area contributed by atoms with Gasteiger partial charge in [0.25, 0.3) is 0 Å². The summed E-state index contributed by atoms with van der Waals surface area (Å²) in [5.41, 5.74) is 0.124. The van der Waals surface area contributed by atoms with Crippen LogP contribution < -0.4 is 5.32 Å². The smallest absolute Gasteiger partial charge is 0.349 e. The van der Waals surface area contributed by atoms with E-state index in [0.29, 0.717) is 25.0 Å². The lowest BCUT2D eigenvalue weighted by Gasteiger charge is -2.32. The van der Waals surface area contributed by atoms with E-state index in [1.54, 1.807) is 0 Å². The summed E-state index contributed by atoms with van der Waals surface area (Å²) in [6, 6.07) is 5.07. The molecule has 1 saturated heterocycles. The second kappa shape index (κ2) is 7.74. The number of piperidine rings is 2. The predicted octanol–water partition coefficient (Wildman–Crippen LogP) is 2.70. The monoisotopic (exact) mass is 534 g/mol. The first kappa shape index (κ1) is 23.9. The third-order valence-electron chi connectivity index (χ3n) is 7.33. The van der Waals surface area contributed by atoms with Gasteiger partial charge in [-0.25, -0.2) is 32.7 Å². The van der Waals surface area contributed by atoms with Crippen LogP contribution in [0.1, 0.15) is 30.8 Å². The van der Waals surface area contributed by atoms with Crippen molar-refractivity contribution in [3.63, 3.8) is 0 Å². The Bertz CT molecular complexity index is 1510. The zero-order valence-corrected chi connectivity index (χ0v) is 19.7. The summed E-state index contributed by atoms with van der Waals surface area (Å²) in [5.74, 6) is -2.33. The van der Waals surface area contributed by atoms with Gasteiger partial charge < -0.3 is 5.32 Å². The molecule has 0 unspecified atom stereocenters. The van der Waals surface area contributed by atoms with Gasteiger partial charge in [0.1, 0.15) is 18.2 Å². The Kier molecular flexibility index (Phi) is 4.99. The molecule has 14 heteroatoms. The zero-order chi connectivity index (χ0) is 26.2. The number of alkyl halides is 3. The van der Waals surface area contributed by atoms with Crippen LogP contribution in [-0.4, -0.2) is 50.1 Å². The summed E-state index contributed by atoms with van der Waals surface area (Å²) in [6.45, 7) is -0.0587. The molecule has 9 nitrogen and oxygen atoms in total. The Labute approximate surface area is 208 Å². The highest BCUT2D eigenvalue weighted by atomic mass is 32.2. The SMILES string of the molecule is O=C(NCc1cc(-c2cnc(C(F)(F)F)nc2)ncn1)[C@@H]1CC23CC2(C3)N1S(=O)(=O)c1ccc(F)cc1. The van der Waals surface area contributed by atoms with Gasteiger partial charge in [0.2, 0.25) is 21.8 Å². The van der Waals surface area contributed by atoms with Crippen LogP contribution in [0.2, 0.25) is 0 Å². The lowest BCUT2D eigenvalue weighted by molar-refractivity contribution is -0.145. The van der Waals surface area contributed by atoms with Crippen molar-refractivity contribution >= 4 is 15.9 Å². The molecule has 1 aromatic carbocycles. The summed E-state index contributed by atoms with van der Waals surface area (Å²) < 4.78 is 79.6. The van der Waals surface area contributed by atoms with E-state index in [-0.39, 0.29) is 28.1 Å². The van der Waals surface area contributed by atoms with Gasteiger partial charge >= 0.3 is 6.18 Å². The molecule has 3 aromatic rings. The van der Waals surface area contributed by atoms with Crippen molar-refractivity contribution in [3.05, 3.63) is 66.4 Å². The molecular weight excluding hydrogens is 516 g/mol. The lowest BCUT2D eigenvalue weighted by Crippen LogP contribution is -2.51. The number of carbonyl (C=O) groups is 1. The fraction of sp³-hybridized carbons (Fsp3) is 0.348. The van der Waals surface area contributed by atoms with Crippen LogP contribution in [0.5, 0.6) is 0 Å². The predicted molar refractivity (Wildman–Crippen MR) is 118 cm³/mol. The second-order valence-electron chi connectivity index (χ2n) is 9.55. The molecule has 0 bridgehead atoms. The lowest BCUT2D eigenvalue weighted by atomic mass is 10.0. The summed E-state index contributed by atoms with van der Waals surface area (Å²) in [7, 11) is -4.03. The van der Waals surface area contributed by atoms with Crippen LogP contribution >= 0.6 is 0 Å². The number of rotatable bonds is 6. The van der Waals surface area contributed by atoms with Gasteiger partial charge in [-0.15, -0.1) is 0 Å². The van der Waals surface area contributed by atoms with Gasteiger partial charge in [-0.05, 0) is 55.0 Å². The Morgan fingerprint density at radius 1 is 1.08 bits per heavy atom. The number of nitrogens with zero attached hydrogens (tertiary/aromatic N) is 5. The maximum atomic E-state index is 13.4. The van der Waals surface area contributed by atoms with Crippen molar-refractivity contribution in [2.45, 2.75) is 48.5 Å². The van der Waals surface area contributed by atoms with E-state index in [4.69, 9.17) is 0 Å². The molecule has 1 aliphatic heterocycles. The standard InChI is InChI=1S/C23H18F4N6O3S/c24-14-1-3-16(4-2-14)37(35,36)33-18(6-21-10-22(21,33)11-21)19(34)28-9-15-5-17(32-12-31-15)13-7-29-20(30-8-13)23(25,26)27/h1-5,7-8,12,18H,6,9-11H2,(H,28,34)/t18-,21?,22?/m0/s1. The third-order valence-corrected chi connectivity index (χ3v) is 9.32. The summed E-state index contributed by atoms with van der Waals surface area (Å²) in [4.78, 5) is 27.8. The molecule has 6 rings (SSSR count). The van der Waals surface area contributed by atoms with Crippen molar-refractivity contribution in [1.29, 1.82) is 0 Å². The molecule has 1 N–H and O–H groups in total. The third kappa shape index (κ3) is 3.77. The summed E-state index contributed by atoms with van der Waals surface area (Å²) in [5, 5.41) is 2.71. The van der Waals surface area contributed by atoms with Gasteiger partial charge in [-0.3, -0.25) is 4.79 Å². The first-order valence-electron chi connectivity index (χ1n) is 11.2. The highest BCUT2D eigenvalue weighted by molar-refractivity contribution is 7.89. The zero-order valence-electron chi connectivity index (χ0n) is 18.9. The van der Waals surface area contributed by atoms with Crippen LogP contribution in [0.3, 0.4) is 0 Å². The number of amides is 1. The van der Waals surface area contributed by atoms with E-state index in [1.165, 1.54) is 28.8 Å². The van der Waals surface area contributed by atoms with Crippen LogP contribution in [0.4, 0.5) is 17.6 Å². The molecule has 2 aliphatic carbocycles. The topological polar surface area (TPSA) is 118 Å². The minimum absolute atomic E-state index is 0.0587. The quantitative estimate of drug-likeness (QED) is 0.483. The molecule has 0 radical (unpaired) electrons. The normalized spacial score (nSPS) is 26.3. The number of sulfonamides is 1. The molecule has 1 amide bonds. The van der Waals surface area contributed by atoms with E-state index < -0.39 is 45.3 Å². The Balaban J connectivity index is 1.18. The Hall–Kier alpha value is -3.52. The number of carbonyl (C=O) groups excluding carboxylic acids is 1. The molecule has 37 heavy (non-hydrogen) atoms. The molecule has 3 heterocycles. The highest BCUT2D eigenvalue weighted by Crippen LogP contribution is 2.88. The molecule has 2 saturated carbocycles. The van der Waals surface area contributed by atoms with Crippen LogP contribution in [0, 0.1) is 11.2 Å². The molecule has 0 spiro atoms. The summed E-state index contributed by atoms with van der Waals surface area (Å²) in [6.07, 6.45) is 0.319.